The largest absolute Gasteiger partial charge is 0.476 e. The Bertz CT molecular complexity index is 506. The van der Waals surface area contributed by atoms with Gasteiger partial charge in [0.2, 0.25) is 0 Å². The van der Waals surface area contributed by atoms with Gasteiger partial charge in [-0.3, -0.25) is 9.58 Å². The third kappa shape index (κ3) is 3.17. The van der Waals surface area contributed by atoms with Crippen molar-refractivity contribution in [1.82, 2.24) is 19.9 Å². The fourth-order valence-electron chi connectivity index (χ4n) is 1.53. The molecule has 96 valence electrons. The van der Waals surface area contributed by atoms with E-state index in [4.69, 9.17) is 9.52 Å². The lowest BCUT2D eigenvalue weighted by Gasteiger charge is -2.14. The zero-order valence-corrected chi connectivity index (χ0v) is 9.98. The van der Waals surface area contributed by atoms with Crippen molar-refractivity contribution >= 4 is 5.97 Å². The number of furan rings is 1. The third-order valence-corrected chi connectivity index (χ3v) is 2.47. The molecule has 0 atom stereocenters. The second-order valence-electron chi connectivity index (χ2n) is 3.99. The van der Waals surface area contributed by atoms with Crippen LogP contribution in [0.25, 0.3) is 0 Å². The molecule has 0 fully saturated rings. The SMILES string of the molecule is CN(CCn1cc(C(=O)O)nn1)Cc1ccco1. The number of carboxylic acids is 1. The number of nitrogens with zero attached hydrogens (tertiary/aromatic N) is 4. The quantitative estimate of drug-likeness (QED) is 0.812. The summed E-state index contributed by atoms with van der Waals surface area (Å²) in [4.78, 5) is 12.7. The highest BCUT2D eigenvalue weighted by Gasteiger charge is 2.08. The van der Waals surface area contributed by atoms with Crippen molar-refractivity contribution in [3.63, 3.8) is 0 Å². The zero-order chi connectivity index (χ0) is 13.0. The molecule has 2 heterocycles. The number of aromatic carboxylic acids is 1. The molecule has 18 heavy (non-hydrogen) atoms. The summed E-state index contributed by atoms with van der Waals surface area (Å²) >= 11 is 0. The van der Waals surface area contributed by atoms with E-state index >= 15 is 0 Å². The Labute approximate surface area is 104 Å². The Balaban J connectivity index is 1.81. The van der Waals surface area contributed by atoms with Crippen LogP contribution in [0.4, 0.5) is 0 Å². The summed E-state index contributed by atoms with van der Waals surface area (Å²) in [5, 5.41) is 16.0. The Morgan fingerprint density at radius 1 is 1.61 bits per heavy atom. The molecule has 1 N–H and O–H groups in total. The summed E-state index contributed by atoms with van der Waals surface area (Å²) < 4.78 is 6.75. The minimum atomic E-state index is -1.06. The number of likely N-dealkylation sites (N-methyl/N-ethyl adjacent to an activating group) is 1. The molecule has 0 bridgehead atoms. The Morgan fingerprint density at radius 2 is 2.44 bits per heavy atom. The van der Waals surface area contributed by atoms with Crippen molar-refractivity contribution in [2.75, 3.05) is 13.6 Å². The van der Waals surface area contributed by atoms with Crippen molar-refractivity contribution in [3.8, 4) is 0 Å². The Kier molecular flexibility index (Phi) is 3.73. The zero-order valence-electron chi connectivity index (χ0n) is 9.98. The van der Waals surface area contributed by atoms with Crippen LogP contribution in [0.15, 0.2) is 29.0 Å². The summed E-state index contributed by atoms with van der Waals surface area (Å²) in [6, 6.07) is 3.76. The van der Waals surface area contributed by atoms with E-state index in [2.05, 4.69) is 15.2 Å². The summed E-state index contributed by atoms with van der Waals surface area (Å²) in [7, 11) is 1.96. The van der Waals surface area contributed by atoms with Gasteiger partial charge < -0.3 is 9.52 Å². The van der Waals surface area contributed by atoms with Gasteiger partial charge in [-0.1, -0.05) is 5.21 Å². The maximum Gasteiger partial charge on any atom is 0.358 e. The average molecular weight is 250 g/mol. The lowest BCUT2D eigenvalue weighted by molar-refractivity contribution is 0.0690. The molecule has 0 spiro atoms. The molecule has 0 aliphatic carbocycles. The molecule has 0 saturated heterocycles. The summed E-state index contributed by atoms with van der Waals surface area (Å²) in [5.74, 6) is -0.174. The van der Waals surface area contributed by atoms with Crippen LogP contribution >= 0.6 is 0 Å². The van der Waals surface area contributed by atoms with Crippen LogP contribution in [-0.4, -0.2) is 44.6 Å². The van der Waals surface area contributed by atoms with Gasteiger partial charge in [-0.25, -0.2) is 4.79 Å². The highest BCUT2D eigenvalue weighted by atomic mass is 16.4. The highest BCUT2D eigenvalue weighted by Crippen LogP contribution is 2.03. The molecular weight excluding hydrogens is 236 g/mol. The summed E-state index contributed by atoms with van der Waals surface area (Å²) in [5.41, 5.74) is -0.0383. The van der Waals surface area contributed by atoms with E-state index in [1.165, 1.54) is 10.9 Å². The van der Waals surface area contributed by atoms with Crippen LogP contribution in [0, 0.1) is 0 Å². The number of aromatic nitrogens is 3. The average Bonchev–Trinajstić information content (AvgIpc) is 2.96. The lowest BCUT2D eigenvalue weighted by atomic mass is 10.4. The van der Waals surface area contributed by atoms with Gasteiger partial charge in [-0.05, 0) is 19.2 Å². The molecule has 0 amide bonds. The van der Waals surface area contributed by atoms with Crippen LogP contribution in [0.5, 0.6) is 0 Å². The second-order valence-corrected chi connectivity index (χ2v) is 3.99. The van der Waals surface area contributed by atoms with E-state index in [1.54, 1.807) is 6.26 Å². The van der Waals surface area contributed by atoms with Gasteiger partial charge >= 0.3 is 5.97 Å². The van der Waals surface area contributed by atoms with Crippen LogP contribution in [0.2, 0.25) is 0 Å². The molecule has 0 saturated carbocycles. The van der Waals surface area contributed by atoms with Gasteiger partial charge in [0.1, 0.15) is 5.76 Å². The van der Waals surface area contributed by atoms with Crippen molar-refractivity contribution in [2.24, 2.45) is 0 Å². The topological polar surface area (TPSA) is 84.4 Å². The van der Waals surface area contributed by atoms with Gasteiger partial charge in [0.15, 0.2) is 5.69 Å². The first-order valence-corrected chi connectivity index (χ1v) is 5.49. The van der Waals surface area contributed by atoms with Crippen molar-refractivity contribution in [3.05, 3.63) is 36.0 Å². The maximum absolute atomic E-state index is 10.6. The van der Waals surface area contributed by atoms with Gasteiger partial charge in [-0.2, -0.15) is 0 Å². The number of hydrogen-bond acceptors (Lipinski definition) is 5. The summed E-state index contributed by atoms with van der Waals surface area (Å²) in [6.07, 6.45) is 3.06. The molecule has 2 rings (SSSR count). The second kappa shape index (κ2) is 5.46. The first-order valence-electron chi connectivity index (χ1n) is 5.49. The molecule has 7 heteroatoms. The van der Waals surface area contributed by atoms with E-state index in [-0.39, 0.29) is 5.69 Å². The Morgan fingerprint density at radius 3 is 3.06 bits per heavy atom. The van der Waals surface area contributed by atoms with Gasteiger partial charge in [0, 0.05) is 6.54 Å². The van der Waals surface area contributed by atoms with Crippen LogP contribution in [-0.2, 0) is 13.1 Å². The molecular formula is C11H14N4O3. The number of carbonyl (C=O) groups is 1. The van der Waals surface area contributed by atoms with E-state index in [1.807, 2.05) is 19.2 Å². The molecule has 0 aromatic carbocycles. The fraction of sp³-hybridized carbons (Fsp3) is 0.364. The van der Waals surface area contributed by atoms with Crippen molar-refractivity contribution in [1.29, 1.82) is 0 Å². The third-order valence-electron chi connectivity index (χ3n) is 2.47. The van der Waals surface area contributed by atoms with E-state index in [0.717, 1.165) is 12.3 Å². The van der Waals surface area contributed by atoms with E-state index in [9.17, 15) is 4.79 Å². The monoisotopic (exact) mass is 250 g/mol. The number of hydrogen-bond donors (Lipinski definition) is 1. The number of rotatable bonds is 6. The standard InChI is InChI=1S/C11H14N4O3/c1-14(7-9-3-2-6-18-9)4-5-15-8-10(11(16)17)12-13-15/h2-3,6,8H,4-5,7H2,1H3,(H,16,17). The van der Waals surface area contributed by atoms with Crippen LogP contribution < -0.4 is 0 Å². The molecule has 2 aromatic heterocycles. The van der Waals surface area contributed by atoms with Crippen LogP contribution in [0.3, 0.4) is 0 Å². The smallest absolute Gasteiger partial charge is 0.358 e. The molecule has 0 aliphatic rings. The summed E-state index contributed by atoms with van der Waals surface area (Å²) in [6.45, 7) is 2.01. The van der Waals surface area contributed by atoms with Crippen LogP contribution in [0.1, 0.15) is 16.2 Å². The van der Waals surface area contributed by atoms with E-state index < -0.39 is 5.97 Å². The predicted molar refractivity (Wildman–Crippen MR) is 62.0 cm³/mol. The molecule has 0 radical (unpaired) electrons. The minimum Gasteiger partial charge on any atom is -0.476 e. The normalized spacial score (nSPS) is 11.0. The molecule has 2 aromatic rings. The lowest BCUT2D eigenvalue weighted by Crippen LogP contribution is -2.22. The minimum absolute atomic E-state index is 0.0383. The highest BCUT2D eigenvalue weighted by molar-refractivity contribution is 5.84. The first-order chi connectivity index (χ1) is 8.65. The molecule has 0 unspecified atom stereocenters. The van der Waals surface area contributed by atoms with Gasteiger partial charge in [0.25, 0.3) is 0 Å². The fourth-order valence-corrected chi connectivity index (χ4v) is 1.53. The maximum atomic E-state index is 10.6. The van der Waals surface area contributed by atoms with Crippen molar-refractivity contribution < 1.29 is 14.3 Å². The predicted octanol–water partition coefficient (Wildman–Crippen LogP) is 0.701. The first kappa shape index (κ1) is 12.3. The van der Waals surface area contributed by atoms with Gasteiger partial charge in [0.05, 0.1) is 25.5 Å². The van der Waals surface area contributed by atoms with Gasteiger partial charge in [-0.15, -0.1) is 5.10 Å². The van der Waals surface area contributed by atoms with Crippen molar-refractivity contribution in [2.45, 2.75) is 13.1 Å². The molecule has 7 nitrogen and oxygen atoms in total. The molecule has 0 aliphatic heterocycles. The number of carboxylic acid groups (broad SMARTS) is 1. The van der Waals surface area contributed by atoms with E-state index in [0.29, 0.717) is 13.1 Å². The Hall–Kier alpha value is -2.15.